The van der Waals surface area contributed by atoms with Crippen molar-refractivity contribution in [3.8, 4) is 0 Å². The Morgan fingerprint density at radius 3 is 2.47 bits per heavy atom. The van der Waals surface area contributed by atoms with Crippen LogP contribution in [0.1, 0.15) is 38.2 Å². The van der Waals surface area contributed by atoms with Crippen LogP contribution in [0.25, 0.3) is 0 Å². The summed E-state index contributed by atoms with van der Waals surface area (Å²) in [6.07, 6.45) is 1.83. The van der Waals surface area contributed by atoms with Crippen LogP contribution in [-0.4, -0.2) is 29.9 Å². The molecule has 3 heteroatoms. The first-order valence-corrected chi connectivity index (χ1v) is 7.26. The topological polar surface area (TPSA) is 46.3 Å². The van der Waals surface area contributed by atoms with Crippen LogP contribution in [-0.2, 0) is 4.79 Å². The summed E-state index contributed by atoms with van der Waals surface area (Å²) in [6.45, 7) is 5.61. The molecule has 2 atom stereocenters. The molecule has 19 heavy (non-hydrogen) atoms. The molecule has 0 spiro atoms. The highest BCUT2D eigenvalue weighted by Gasteiger charge is 2.35. The normalized spacial score (nSPS) is 23.1. The Morgan fingerprint density at radius 1 is 1.26 bits per heavy atom. The van der Waals surface area contributed by atoms with Crippen molar-refractivity contribution in [1.29, 1.82) is 0 Å². The Bertz CT molecular complexity index is 414. The first-order chi connectivity index (χ1) is 9.17. The molecular weight excluding hydrogens is 236 g/mol. The number of nitrogens with two attached hydrogens (primary N) is 1. The predicted octanol–water partition coefficient (Wildman–Crippen LogP) is 2.38. The molecule has 0 aliphatic carbocycles. The summed E-state index contributed by atoms with van der Waals surface area (Å²) in [7, 11) is 0. The van der Waals surface area contributed by atoms with Gasteiger partial charge in [-0.1, -0.05) is 44.2 Å². The van der Waals surface area contributed by atoms with E-state index in [0.717, 1.165) is 19.4 Å². The zero-order valence-corrected chi connectivity index (χ0v) is 11.9. The van der Waals surface area contributed by atoms with Gasteiger partial charge in [-0.25, -0.2) is 0 Å². The minimum absolute atomic E-state index is 0.0562. The minimum Gasteiger partial charge on any atom is -0.340 e. The molecule has 2 rings (SSSR count). The number of rotatable bonds is 4. The maximum absolute atomic E-state index is 12.4. The predicted molar refractivity (Wildman–Crippen MR) is 77.8 cm³/mol. The van der Waals surface area contributed by atoms with Crippen molar-refractivity contribution < 1.29 is 4.79 Å². The second-order valence-corrected chi connectivity index (χ2v) is 5.44. The molecule has 0 unspecified atom stereocenters. The zero-order valence-electron chi connectivity index (χ0n) is 11.9. The molecule has 0 radical (unpaired) electrons. The van der Waals surface area contributed by atoms with Crippen molar-refractivity contribution in [2.24, 2.45) is 11.7 Å². The van der Waals surface area contributed by atoms with Gasteiger partial charge in [0.2, 0.25) is 5.91 Å². The van der Waals surface area contributed by atoms with Gasteiger partial charge in [-0.15, -0.1) is 0 Å². The second-order valence-electron chi connectivity index (χ2n) is 5.44. The largest absolute Gasteiger partial charge is 0.340 e. The highest BCUT2D eigenvalue weighted by atomic mass is 16.2. The van der Waals surface area contributed by atoms with Crippen LogP contribution in [0, 0.1) is 5.92 Å². The average molecular weight is 260 g/mol. The zero-order chi connectivity index (χ0) is 13.8. The van der Waals surface area contributed by atoms with Crippen molar-refractivity contribution >= 4 is 5.91 Å². The number of likely N-dealkylation sites (tertiary alicyclic amines) is 1. The van der Waals surface area contributed by atoms with Crippen molar-refractivity contribution in [2.45, 2.75) is 38.6 Å². The smallest absolute Gasteiger partial charge is 0.225 e. The highest BCUT2D eigenvalue weighted by Crippen LogP contribution is 2.28. The van der Waals surface area contributed by atoms with E-state index in [1.807, 2.05) is 23.1 Å². The standard InChI is InChI=1S/C16H24N2O/c1-3-12(4-2)16(19)18-10-14(15(17)11-18)13-8-6-5-7-9-13/h5-9,12,14-15H,3-4,10-11,17H2,1-2H3/t14-,15+/m0/s1. The third-order valence-corrected chi connectivity index (χ3v) is 4.24. The van der Waals surface area contributed by atoms with Gasteiger partial charge < -0.3 is 10.6 Å². The van der Waals surface area contributed by atoms with E-state index in [9.17, 15) is 4.79 Å². The lowest BCUT2D eigenvalue weighted by atomic mass is 9.95. The lowest BCUT2D eigenvalue weighted by Crippen LogP contribution is -2.36. The van der Waals surface area contributed by atoms with E-state index in [1.165, 1.54) is 5.56 Å². The van der Waals surface area contributed by atoms with E-state index in [0.29, 0.717) is 6.54 Å². The summed E-state index contributed by atoms with van der Waals surface area (Å²) in [6, 6.07) is 10.4. The number of hydrogen-bond acceptors (Lipinski definition) is 2. The van der Waals surface area contributed by atoms with Gasteiger partial charge in [0.25, 0.3) is 0 Å². The molecule has 104 valence electrons. The number of nitrogens with zero attached hydrogens (tertiary/aromatic N) is 1. The lowest BCUT2D eigenvalue weighted by Gasteiger charge is -2.21. The Hall–Kier alpha value is -1.35. The molecule has 1 fully saturated rings. The molecule has 1 aromatic carbocycles. The molecule has 1 aliphatic rings. The number of benzene rings is 1. The molecule has 0 bridgehead atoms. The minimum atomic E-state index is 0.0562. The van der Waals surface area contributed by atoms with Gasteiger partial charge >= 0.3 is 0 Å². The molecule has 1 aliphatic heterocycles. The quantitative estimate of drug-likeness (QED) is 0.903. The molecule has 1 saturated heterocycles. The summed E-state index contributed by atoms with van der Waals surface area (Å²) < 4.78 is 0. The molecule has 0 aromatic heterocycles. The van der Waals surface area contributed by atoms with Gasteiger partial charge in [-0.3, -0.25) is 4.79 Å². The van der Waals surface area contributed by atoms with Gasteiger partial charge in [0.15, 0.2) is 0 Å². The molecular formula is C16H24N2O. The summed E-state index contributed by atoms with van der Waals surface area (Å²) in [5, 5.41) is 0. The molecule has 1 aromatic rings. The first kappa shape index (κ1) is 14.1. The van der Waals surface area contributed by atoms with E-state index in [1.54, 1.807) is 0 Å². The average Bonchev–Trinajstić information content (AvgIpc) is 2.83. The fourth-order valence-corrected chi connectivity index (χ4v) is 2.96. The van der Waals surface area contributed by atoms with Gasteiger partial charge in [0.1, 0.15) is 0 Å². The van der Waals surface area contributed by atoms with Crippen molar-refractivity contribution in [3.63, 3.8) is 0 Å². The second kappa shape index (κ2) is 6.20. The highest BCUT2D eigenvalue weighted by molar-refractivity contribution is 5.79. The molecule has 1 heterocycles. The van der Waals surface area contributed by atoms with Crippen LogP contribution in [0.15, 0.2) is 30.3 Å². The van der Waals surface area contributed by atoms with Crippen LogP contribution in [0.5, 0.6) is 0 Å². The fraction of sp³-hybridized carbons (Fsp3) is 0.562. The van der Waals surface area contributed by atoms with Crippen LogP contribution in [0.3, 0.4) is 0 Å². The molecule has 1 amide bonds. The Kier molecular flexibility index (Phi) is 4.59. The van der Waals surface area contributed by atoms with E-state index in [4.69, 9.17) is 5.73 Å². The van der Waals surface area contributed by atoms with E-state index >= 15 is 0 Å². The van der Waals surface area contributed by atoms with Crippen molar-refractivity contribution in [2.75, 3.05) is 13.1 Å². The van der Waals surface area contributed by atoms with Crippen molar-refractivity contribution in [3.05, 3.63) is 35.9 Å². The van der Waals surface area contributed by atoms with Crippen LogP contribution in [0.4, 0.5) is 0 Å². The van der Waals surface area contributed by atoms with Gasteiger partial charge in [0.05, 0.1) is 0 Å². The number of carbonyl (C=O) groups is 1. The van der Waals surface area contributed by atoms with Crippen LogP contribution in [0.2, 0.25) is 0 Å². The third-order valence-electron chi connectivity index (χ3n) is 4.24. The maximum atomic E-state index is 12.4. The summed E-state index contributed by atoms with van der Waals surface area (Å²) in [5.41, 5.74) is 7.47. The van der Waals surface area contributed by atoms with E-state index in [2.05, 4.69) is 26.0 Å². The van der Waals surface area contributed by atoms with Gasteiger partial charge in [-0.2, -0.15) is 0 Å². The summed E-state index contributed by atoms with van der Waals surface area (Å²) in [5.74, 6) is 0.708. The monoisotopic (exact) mass is 260 g/mol. The fourth-order valence-electron chi connectivity index (χ4n) is 2.96. The summed E-state index contributed by atoms with van der Waals surface area (Å²) >= 11 is 0. The van der Waals surface area contributed by atoms with Crippen molar-refractivity contribution in [1.82, 2.24) is 4.90 Å². The Morgan fingerprint density at radius 2 is 1.89 bits per heavy atom. The molecule has 0 saturated carbocycles. The van der Waals surface area contributed by atoms with Gasteiger partial charge in [-0.05, 0) is 18.4 Å². The number of amides is 1. The third kappa shape index (κ3) is 2.98. The SMILES string of the molecule is CCC(CC)C(=O)N1C[C@@H](N)[C@H](c2ccccc2)C1. The molecule has 3 nitrogen and oxygen atoms in total. The van der Waals surface area contributed by atoms with Crippen LogP contribution < -0.4 is 5.73 Å². The Labute approximate surface area is 115 Å². The van der Waals surface area contributed by atoms with E-state index in [-0.39, 0.29) is 23.8 Å². The first-order valence-electron chi connectivity index (χ1n) is 7.26. The molecule has 2 N–H and O–H groups in total. The Balaban J connectivity index is 2.07. The van der Waals surface area contributed by atoms with Crippen LogP contribution >= 0.6 is 0 Å². The maximum Gasteiger partial charge on any atom is 0.225 e. The van der Waals surface area contributed by atoms with Gasteiger partial charge in [0, 0.05) is 31.0 Å². The number of hydrogen-bond donors (Lipinski definition) is 1. The summed E-state index contributed by atoms with van der Waals surface area (Å²) in [4.78, 5) is 14.4. The van der Waals surface area contributed by atoms with E-state index < -0.39 is 0 Å². The number of carbonyl (C=O) groups excluding carboxylic acids is 1. The lowest BCUT2D eigenvalue weighted by molar-refractivity contribution is -0.134.